The first-order valence-electron chi connectivity index (χ1n) is 11.3. The molecular weight excluding hydrogens is 560 g/mol. The molecule has 0 fully saturated rings. The number of aromatic hydroxyl groups is 2. The van der Waals surface area contributed by atoms with Crippen LogP contribution in [0.4, 0.5) is 22.7 Å². The van der Waals surface area contributed by atoms with Crippen LogP contribution in [0.2, 0.25) is 0 Å². The molecule has 5 aromatic carbocycles. The van der Waals surface area contributed by atoms with E-state index in [1.165, 1.54) is 42.5 Å². The van der Waals surface area contributed by atoms with Gasteiger partial charge in [0.15, 0.2) is 0 Å². The van der Waals surface area contributed by atoms with E-state index in [4.69, 9.17) is 0 Å². The minimum atomic E-state index is -4.48. The number of azo groups is 2. The van der Waals surface area contributed by atoms with Crippen LogP contribution in [0.5, 0.6) is 11.5 Å². The van der Waals surface area contributed by atoms with Gasteiger partial charge in [-0.05, 0) is 35.7 Å². The molecule has 0 saturated carbocycles. The number of nitrogens with zero attached hydrogens (tertiary/aromatic N) is 4. The van der Waals surface area contributed by atoms with Crippen LogP contribution in [-0.2, 0) is 20.2 Å². The van der Waals surface area contributed by atoms with Crippen molar-refractivity contribution < 1.29 is 36.2 Å². The average Bonchev–Trinajstić information content (AvgIpc) is 2.90. The van der Waals surface area contributed by atoms with Gasteiger partial charge in [-0.2, -0.15) is 16.8 Å². The number of benzene rings is 5. The largest absolute Gasteiger partial charge is 0.505 e. The number of phenolic OH excluding ortho intramolecular Hbond substituents is 2. The molecule has 202 valence electrons. The summed E-state index contributed by atoms with van der Waals surface area (Å²) < 4.78 is 65.2. The Kier molecular flexibility index (Phi) is 6.77. The van der Waals surface area contributed by atoms with Crippen LogP contribution in [0.15, 0.2) is 115 Å². The first-order valence-corrected chi connectivity index (χ1v) is 14.2. The van der Waals surface area contributed by atoms with Crippen LogP contribution in [0.1, 0.15) is 0 Å². The predicted octanol–water partition coefficient (Wildman–Crippen LogP) is 6.73. The Morgan fingerprint density at radius 2 is 1.10 bits per heavy atom. The van der Waals surface area contributed by atoms with Gasteiger partial charge in [-0.1, -0.05) is 42.5 Å². The lowest BCUT2D eigenvalue weighted by Crippen LogP contribution is -1.98. The van der Waals surface area contributed by atoms with Crippen molar-refractivity contribution in [1.82, 2.24) is 0 Å². The summed E-state index contributed by atoms with van der Waals surface area (Å²) in [6.07, 6.45) is 0. The second-order valence-electron chi connectivity index (χ2n) is 8.47. The van der Waals surface area contributed by atoms with Crippen LogP contribution in [0.25, 0.3) is 21.5 Å². The fourth-order valence-electron chi connectivity index (χ4n) is 3.99. The van der Waals surface area contributed by atoms with E-state index in [0.29, 0.717) is 21.8 Å². The standard InChI is InChI=1S/C26H18N4O8S2/c31-24-14-25(32)23(30-28-21-10-11-26(40(36,37)38)19-6-2-1-5-18(19)21)13-22(24)29-27-20-7-3-4-15-12-16(39(33,34)35)8-9-17(15)20/h1-14,31-32H,(H,33,34,35)(H,36,37,38). The zero-order valence-electron chi connectivity index (χ0n) is 20.1. The Balaban J connectivity index is 1.51. The van der Waals surface area contributed by atoms with Crippen LogP contribution in [-0.4, -0.2) is 36.2 Å². The van der Waals surface area contributed by atoms with Crippen molar-refractivity contribution >= 4 is 64.5 Å². The van der Waals surface area contributed by atoms with Gasteiger partial charge >= 0.3 is 0 Å². The lowest BCUT2D eigenvalue weighted by Gasteiger charge is -2.06. The van der Waals surface area contributed by atoms with Crippen molar-refractivity contribution in [2.45, 2.75) is 9.79 Å². The highest BCUT2D eigenvalue weighted by atomic mass is 32.2. The van der Waals surface area contributed by atoms with Crippen LogP contribution in [0.3, 0.4) is 0 Å². The minimum absolute atomic E-state index is 0.0649. The monoisotopic (exact) mass is 578 g/mol. The normalized spacial score (nSPS) is 12.7. The minimum Gasteiger partial charge on any atom is -0.505 e. The molecular formula is C26H18N4O8S2. The van der Waals surface area contributed by atoms with E-state index in [0.717, 1.165) is 6.07 Å². The molecule has 0 atom stereocenters. The smallest absolute Gasteiger partial charge is 0.295 e. The van der Waals surface area contributed by atoms with Gasteiger partial charge in [-0.3, -0.25) is 9.11 Å². The maximum absolute atomic E-state index is 11.7. The molecule has 5 rings (SSSR count). The third kappa shape index (κ3) is 5.37. The summed E-state index contributed by atoms with van der Waals surface area (Å²) in [6.45, 7) is 0. The second kappa shape index (κ2) is 10.1. The Bertz CT molecular complexity index is 2090. The zero-order chi connectivity index (χ0) is 28.7. The molecule has 0 aliphatic rings. The lowest BCUT2D eigenvalue weighted by atomic mass is 10.1. The van der Waals surface area contributed by atoms with Crippen molar-refractivity contribution in [3.63, 3.8) is 0 Å². The van der Waals surface area contributed by atoms with Crippen LogP contribution >= 0.6 is 0 Å². The van der Waals surface area contributed by atoms with E-state index >= 15 is 0 Å². The average molecular weight is 579 g/mol. The summed E-state index contributed by atoms with van der Waals surface area (Å²) in [5.41, 5.74) is 0.439. The van der Waals surface area contributed by atoms with Gasteiger partial charge in [0, 0.05) is 28.3 Å². The van der Waals surface area contributed by atoms with E-state index in [1.807, 2.05) is 0 Å². The first kappa shape index (κ1) is 26.8. The van der Waals surface area contributed by atoms with Gasteiger partial charge < -0.3 is 10.2 Å². The highest BCUT2D eigenvalue weighted by molar-refractivity contribution is 7.86. The molecule has 0 amide bonds. The van der Waals surface area contributed by atoms with Crippen LogP contribution in [0, 0.1) is 0 Å². The predicted molar refractivity (Wildman–Crippen MR) is 146 cm³/mol. The summed E-state index contributed by atoms with van der Waals surface area (Å²) >= 11 is 0. The molecule has 5 aromatic rings. The molecule has 12 nitrogen and oxygen atoms in total. The zero-order valence-corrected chi connectivity index (χ0v) is 21.7. The summed E-state index contributed by atoms with van der Waals surface area (Å²) in [6, 6.07) is 19.9. The molecule has 0 bridgehead atoms. The summed E-state index contributed by atoms with van der Waals surface area (Å²) in [5, 5.41) is 38.5. The highest BCUT2D eigenvalue weighted by Gasteiger charge is 2.16. The van der Waals surface area contributed by atoms with Crippen LogP contribution < -0.4 is 0 Å². The summed E-state index contributed by atoms with van der Waals surface area (Å²) in [5.74, 6) is -0.820. The van der Waals surface area contributed by atoms with Crippen molar-refractivity contribution in [1.29, 1.82) is 0 Å². The van der Waals surface area contributed by atoms with E-state index in [9.17, 15) is 36.2 Å². The van der Waals surface area contributed by atoms with Crippen molar-refractivity contribution in [3.8, 4) is 11.5 Å². The molecule has 0 radical (unpaired) electrons. The maximum atomic E-state index is 11.7. The number of hydrogen-bond acceptors (Lipinski definition) is 10. The van der Waals surface area contributed by atoms with Gasteiger partial charge in [0.05, 0.1) is 16.3 Å². The van der Waals surface area contributed by atoms with Gasteiger partial charge in [-0.25, -0.2) is 0 Å². The van der Waals surface area contributed by atoms with Crippen molar-refractivity contribution in [3.05, 3.63) is 84.9 Å². The second-order valence-corrected chi connectivity index (χ2v) is 11.3. The van der Waals surface area contributed by atoms with E-state index < -0.39 is 31.7 Å². The molecule has 4 N–H and O–H groups in total. The molecule has 0 heterocycles. The van der Waals surface area contributed by atoms with Gasteiger partial charge in [-0.15, -0.1) is 20.5 Å². The molecule has 0 spiro atoms. The summed E-state index contributed by atoms with van der Waals surface area (Å²) in [4.78, 5) is -0.569. The fraction of sp³-hybridized carbons (Fsp3) is 0. The fourth-order valence-corrected chi connectivity index (χ4v) is 5.20. The number of hydrogen-bond donors (Lipinski definition) is 4. The Morgan fingerprint density at radius 3 is 1.73 bits per heavy atom. The van der Waals surface area contributed by atoms with E-state index in [-0.39, 0.29) is 32.2 Å². The van der Waals surface area contributed by atoms with Gasteiger partial charge in [0.25, 0.3) is 20.2 Å². The molecule has 0 aliphatic heterocycles. The molecule has 14 heteroatoms. The van der Waals surface area contributed by atoms with E-state index in [2.05, 4.69) is 20.5 Å². The summed E-state index contributed by atoms with van der Waals surface area (Å²) in [7, 11) is -8.87. The van der Waals surface area contributed by atoms with Gasteiger partial charge in [0.1, 0.15) is 27.8 Å². The Morgan fingerprint density at radius 1 is 0.500 bits per heavy atom. The third-order valence-corrected chi connectivity index (χ3v) is 7.63. The first-order chi connectivity index (χ1) is 18.9. The Hall–Kier alpha value is -4.76. The van der Waals surface area contributed by atoms with Gasteiger partial charge in [0.2, 0.25) is 0 Å². The number of phenols is 2. The Labute approximate surface area is 227 Å². The third-order valence-electron chi connectivity index (χ3n) is 5.87. The topological polar surface area (TPSA) is 199 Å². The quantitative estimate of drug-likeness (QED) is 0.125. The maximum Gasteiger partial charge on any atom is 0.295 e. The lowest BCUT2D eigenvalue weighted by molar-refractivity contribution is 0.452. The molecule has 0 aromatic heterocycles. The molecule has 0 aliphatic carbocycles. The van der Waals surface area contributed by atoms with E-state index in [1.54, 1.807) is 36.4 Å². The molecule has 0 unspecified atom stereocenters. The molecule has 0 saturated heterocycles. The van der Waals surface area contributed by atoms with Crippen molar-refractivity contribution in [2.24, 2.45) is 20.5 Å². The van der Waals surface area contributed by atoms with Crippen molar-refractivity contribution in [2.75, 3.05) is 0 Å². The number of rotatable bonds is 6. The SMILES string of the molecule is O=S(=O)(O)c1ccc2c(N=Nc3cc(N=Nc4ccc(S(=O)(=O)O)c5ccccc45)c(O)cc3O)cccc2c1. The highest BCUT2D eigenvalue weighted by Crippen LogP contribution is 2.41. The number of fused-ring (bicyclic) bond motifs is 2. The molecule has 40 heavy (non-hydrogen) atoms.